The molecule has 0 aliphatic heterocycles. The van der Waals surface area contributed by atoms with Gasteiger partial charge in [0.2, 0.25) is 0 Å². The summed E-state index contributed by atoms with van der Waals surface area (Å²) in [6.45, 7) is 3.39. The SMILES string of the molecule is Cc1noc(C)c1C(=O)Nc1ccc2ncn(C(CC(=O)O)c3ccccc3)c2c1. The molecule has 2 aromatic carbocycles. The Morgan fingerprint density at radius 3 is 2.60 bits per heavy atom. The summed E-state index contributed by atoms with van der Waals surface area (Å²) in [7, 11) is 0. The van der Waals surface area contributed by atoms with Crippen LogP contribution in [0.15, 0.2) is 59.4 Å². The molecule has 8 nitrogen and oxygen atoms in total. The second kappa shape index (κ2) is 7.82. The lowest BCUT2D eigenvalue weighted by molar-refractivity contribution is -0.137. The fourth-order valence-corrected chi connectivity index (χ4v) is 3.57. The largest absolute Gasteiger partial charge is 0.481 e. The highest BCUT2D eigenvalue weighted by Gasteiger charge is 2.21. The first-order valence-corrected chi connectivity index (χ1v) is 9.41. The Morgan fingerprint density at radius 2 is 1.93 bits per heavy atom. The molecule has 30 heavy (non-hydrogen) atoms. The fraction of sp³-hybridized carbons (Fsp3) is 0.182. The minimum Gasteiger partial charge on any atom is -0.481 e. The molecule has 2 aromatic heterocycles. The minimum atomic E-state index is -0.909. The minimum absolute atomic E-state index is 0.0921. The number of aromatic nitrogens is 3. The number of hydrogen-bond donors (Lipinski definition) is 2. The molecule has 0 spiro atoms. The number of carboxylic acids is 1. The molecule has 2 N–H and O–H groups in total. The second-order valence-corrected chi connectivity index (χ2v) is 7.03. The number of fused-ring (bicyclic) bond motifs is 1. The third kappa shape index (κ3) is 3.67. The Balaban J connectivity index is 1.72. The normalized spacial score (nSPS) is 12.1. The van der Waals surface area contributed by atoms with Gasteiger partial charge in [0.1, 0.15) is 11.3 Å². The predicted molar refractivity (Wildman–Crippen MR) is 110 cm³/mol. The molecule has 1 amide bonds. The number of carbonyl (C=O) groups excluding carboxylic acids is 1. The van der Waals surface area contributed by atoms with Gasteiger partial charge in [-0.15, -0.1) is 0 Å². The average molecular weight is 404 g/mol. The molecule has 0 radical (unpaired) electrons. The van der Waals surface area contributed by atoms with Crippen LogP contribution in [0.25, 0.3) is 11.0 Å². The van der Waals surface area contributed by atoms with Crippen molar-refractivity contribution in [1.82, 2.24) is 14.7 Å². The number of nitrogens with one attached hydrogen (secondary N) is 1. The van der Waals surface area contributed by atoms with Crippen molar-refractivity contribution >= 4 is 28.6 Å². The summed E-state index contributed by atoms with van der Waals surface area (Å²) < 4.78 is 6.89. The van der Waals surface area contributed by atoms with Crippen LogP contribution in [-0.4, -0.2) is 31.7 Å². The molecule has 0 saturated heterocycles. The Morgan fingerprint density at radius 1 is 1.17 bits per heavy atom. The van der Waals surface area contributed by atoms with Crippen LogP contribution in [0.5, 0.6) is 0 Å². The van der Waals surface area contributed by atoms with Crippen LogP contribution in [0.3, 0.4) is 0 Å². The van der Waals surface area contributed by atoms with Gasteiger partial charge in [-0.05, 0) is 37.6 Å². The number of nitrogens with zero attached hydrogens (tertiary/aromatic N) is 3. The van der Waals surface area contributed by atoms with Crippen LogP contribution in [0.1, 0.15) is 39.8 Å². The Labute approximate surface area is 172 Å². The molecule has 0 bridgehead atoms. The zero-order chi connectivity index (χ0) is 21.3. The second-order valence-electron chi connectivity index (χ2n) is 7.03. The van der Waals surface area contributed by atoms with Crippen molar-refractivity contribution < 1.29 is 19.2 Å². The lowest BCUT2D eigenvalue weighted by Crippen LogP contribution is -2.15. The van der Waals surface area contributed by atoms with Crippen molar-refractivity contribution in [2.75, 3.05) is 5.32 Å². The van der Waals surface area contributed by atoms with Crippen molar-refractivity contribution in [3.8, 4) is 0 Å². The first-order chi connectivity index (χ1) is 14.4. The number of hydrogen-bond acceptors (Lipinski definition) is 5. The van der Waals surface area contributed by atoms with E-state index in [0.29, 0.717) is 28.2 Å². The van der Waals surface area contributed by atoms with Crippen LogP contribution in [0.4, 0.5) is 5.69 Å². The van der Waals surface area contributed by atoms with Gasteiger partial charge < -0.3 is 19.5 Å². The molecule has 2 heterocycles. The smallest absolute Gasteiger partial charge is 0.305 e. The summed E-state index contributed by atoms with van der Waals surface area (Å²) in [6, 6.07) is 14.3. The van der Waals surface area contributed by atoms with E-state index in [1.165, 1.54) is 0 Å². The number of carbonyl (C=O) groups is 2. The molecule has 8 heteroatoms. The lowest BCUT2D eigenvalue weighted by Gasteiger charge is -2.18. The summed E-state index contributed by atoms with van der Waals surface area (Å²) in [5.74, 6) is -0.780. The van der Waals surface area contributed by atoms with Gasteiger partial charge in [0.25, 0.3) is 5.91 Å². The molecule has 0 saturated carbocycles. The van der Waals surface area contributed by atoms with E-state index < -0.39 is 12.0 Å². The molecule has 4 rings (SSSR count). The first-order valence-electron chi connectivity index (χ1n) is 9.41. The van der Waals surface area contributed by atoms with Gasteiger partial charge in [-0.2, -0.15) is 0 Å². The van der Waals surface area contributed by atoms with E-state index >= 15 is 0 Å². The number of amides is 1. The van der Waals surface area contributed by atoms with Crippen LogP contribution >= 0.6 is 0 Å². The van der Waals surface area contributed by atoms with Crippen molar-refractivity contribution in [2.24, 2.45) is 0 Å². The van der Waals surface area contributed by atoms with E-state index in [1.807, 2.05) is 34.9 Å². The molecule has 1 unspecified atom stereocenters. The van der Waals surface area contributed by atoms with Gasteiger partial charge in [0, 0.05) is 5.69 Å². The molecule has 152 valence electrons. The summed E-state index contributed by atoms with van der Waals surface area (Å²) in [6.07, 6.45) is 1.54. The topological polar surface area (TPSA) is 110 Å². The van der Waals surface area contributed by atoms with Crippen molar-refractivity contribution in [1.29, 1.82) is 0 Å². The highest BCUT2D eigenvalue weighted by molar-refractivity contribution is 6.06. The van der Waals surface area contributed by atoms with E-state index in [4.69, 9.17) is 4.52 Å². The molecule has 1 atom stereocenters. The van der Waals surface area contributed by atoms with Gasteiger partial charge in [0.15, 0.2) is 0 Å². The molecular formula is C22H20N4O4. The van der Waals surface area contributed by atoms with Crippen LogP contribution in [0.2, 0.25) is 0 Å². The number of aliphatic carboxylic acids is 1. The van der Waals surface area contributed by atoms with Gasteiger partial charge >= 0.3 is 5.97 Å². The Hall–Kier alpha value is -3.94. The number of benzene rings is 2. The molecule has 0 aliphatic rings. The Bertz CT molecular complexity index is 1210. The molecule has 0 aliphatic carbocycles. The summed E-state index contributed by atoms with van der Waals surface area (Å²) in [5.41, 5.74) is 3.78. The summed E-state index contributed by atoms with van der Waals surface area (Å²) in [5, 5.41) is 16.1. The maximum absolute atomic E-state index is 12.7. The van der Waals surface area contributed by atoms with Gasteiger partial charge in [0.05, 0.1) is 35.5 Å². The average Bonchev–Trinajstić information content (AvgIpc) is 3.29. The predicted octanol–water partition coefficient (Wildman–Crippen LogP) is 3.96. The van der Waals surface area contributed by atoms with Crippen LogP contribution < -0.4 is 5.32 Å². The van der Waals surface area contributed by atoms with Gasteiger partial charge in [-0.25, -0.2) is 4.98 Å². The highest BCUT2D eigenvalue weighted by atomic mass is 16.5. The number of rotatable bonds is 6. The maximum Gasteiger partial charge on any atom is 0.305 e. The summed E-state index contributed by atoms with van der Waals surface area (Å²) in [4.78, 5) is 28.6. The quantitative estimate of drug-likeness (QED) is 0.503. The zero-order valence-corrected chi connectivity index (χ0v) is 16.5. The third-order valence-corrected chi connectivity index (χ3v) is 4.98. The van der Waals surface area contributed by atoms with Crippen LogP contribution in [-0.2, 0) is 4.79 Å². The van der Waals surface area contributed by atoms with Crippen molar-refractivity contribution in [3.63, 3.8) is 0 Å². The highest BCUT2D eigenvalue weighted by Crippen LogP contribution is 2.28. The molecular weight excluding hydrogens is 384 g/mol. The van der Waals surface area contributed by atoms with E-state index in [1.54, 1.807) is 38.4 Å². The first kappa shape index (κ1) is 19.4. The van der Waals surface area contributed by atoms with E-state index in [9.17, 15) is 14.7 Å². The number of aryl methyl sites for hydroxylation is 2. The molecule has 4 aromatic rings. The standard InChI is InChI=1S/C22H20N4O4/c1-13-21(14(2)30-25-13)22(29)24-16-8-9-17-19(10-16)26(12-23-17)18(11-20(27)28)15-6-4-3-5-7-15/h3-10,12,18H,11H2,1-2H3,(H,24,29)(H,27,28). The summed E-state index contributed by atoms with van der Waals surface area (Å²) >= 11 is 0. The van der Waals surface area contributed by atoms with E-state index in [-0.39, 0.29) is 12.3 Å². The monoisotopic (exact) mass is 404 g/mol. The Kier molecular flexibility index (Phi) is 5.05. The zero-order valence-electron chi connectivity index (χ0n) is 16.5. The maximum atomic E-state index is 12.7. The van der Waals surface area contributed by atoms with Gasteiger partial charge in [-0.1, -0.05) is 35.5 Å². The van der Waals surface area contributed by atoms with E-state index in [0.717, 1.165) is 11.1 Å². The van der Waals surface area contributed by atoms with Crippen molar-refractivity contribution in [2.45, 2.75) is 26.3 Å². The van der Waals surface area contributed by atoms with Crippen molar-refractivity contribution in [3.05, 3.63) is 77.4 Å². The van der Waals surface area contributed by atoms with Gasteiger partial charge in [-0.3, -0.25) is 9.59 Å². The molecule has 0 fully saturated rings. The third-order valence-electron chi connectivity index (χ3n) is 4.98. The van der Waals surface area contributed by atoms with Crippen LogP contribution in [0, 0.1) is 13.8 Å². The lowest BCUT2D eigenvalue weighted by atomic mass is 10.0. The fourth-order valence-electron chi connectivity index (χ4n) is 3.57. The number of carboxylic acid groups (broad SMARTS) is 1. The number of imidazole rings is 1. The number of anilines is 1. The van der Waals surface area contributed by atoms with E-state index in [2.05, 4.69) is 15.5 Å².